The minimum atomic E-state index is 0.239. The Bertz CT molecular complexity index is 627. The molecule has 0 saturated carbocycles. The van der Waals surface area contributed by atoms with Crippen LogP contribution in [0.3, 0.4) is 0 Å². The number of methoxy groups -OCH3 is 2. The van der Waals surface area contributed by atoms with Gasteiger partial charge >= 0.3 is 0 Å². The Morgan fingerprint density at radius 1 is 1.16 bits per heavy atom. The SMILES string of the molecule is COCCC(=O)N1C[C@@H](c2ccccc2OC)[C@H]2[C@@H]1C1CCN2CC1. The average molecular weight is 344 g/mol. The molecule has 1 aromatic rings. The van der Waals surface area contributed by atoms with Crippen molar-refractivity contribution in [2.75, 3.05) is 40.5 Å². The molecule has 136 valence electrons. The molecule has 4 heterocycles. The average Bonchev–Trinajstić information content (AvgIpc) is 3.09. The van der Waals surface area contributed by atoms with Crippen LogP contribution in [0.15, 0.2) is 24.3 Å². The van der Waals surface area contributed by atoms with E-state index in [4.69, 9.17) is 9.47 Å². The minimum Gasteiger partial charge on any atom is -0.496 e. The monoisotopic (exact) mass is 344 g/mol. The number of nitrogens with zero attached hydrogens (tertiary/aromatic N) is 2. The summed E-state index contributed by atoms with van der Waals surface area (Å²) in [5.41, 5.74) is 1.24. The van der Waals surface area contributed by atoms with Crippen LogP contribution in [0.2, 0.25) is 0 Å². The molecule has 25 heavy (non-hydrogen) atoms. The van der Waals surface area contributed by atoms with E-state index in [1.54, 1.807) is 14.2 Å². The van der Waals surface area contributed by atoms with Gasteiger partial charge in [-0.1, -0.05) is 18.2 Å². The van der Waals surface area contributed by atoms with Crippen LogP contribution in [0.1, 0.15) is 30.7 Å². The summed E-state index contributed by atoms with van der Waals surface area (Å²) in [6.45, 7) is 3.63. The zero-order valence-corrected chi connectivity index (χ0v) is 15.2. The lowest BCUT2D eigenvalue weighted by atomic mass is 9.75. The summed E-state index contributed by atoms with van der Waals surface area (Å²) >= 11 is 0. The number of hydrogen-bond acceptors (Lipinski definition) is 4. The van der Waals surface area contributed by atoms with Gasteiger partial charge in [0.2, 0.25) is 5.91 Å². The number of ether oxygens (including phenoxy) is 2. The molecule has 2 bridgehead atoms. The summed E-state index contributed by atoms with van der Waals surface area (Å²) in [7, 11) is 3.39. The highest BCUT2D eigenvalue weighted by atomic mass is 16.5. The van der Waals surface area contributed by atoms with Crippen molar-refractivity contribution in [3.8, 4) is 5.75 Å². The van der Waals surface area contributed by atoms with Crippen molar-refractivity contribution in [2.24, 2.45) is 5.92 Å². The number of fused-ring (bicyclic) bond motifs is 2. The number of piperidine rings is 3. The molecule has 0 N–H and O–H groups in total. The summed E-state index contributed by atoms with van der Waals surface area (Å²) in [5, 5.41) is 0. The maximum Gasteiger partial charge on any atom is 0.225 e. The van der Waals surface area contributed by atoms with E-state index in [-0.39, 0.29) is 5.91 Å². The van der Waals surface area contributed by atoms with Crippen LogP contribution in [0.25, 0.3) is 0 Å². The van der Waals surface area contributed by atoms with E-state index in [0.717, 1.165) is 25.4 Å². The quantitative estimate of drug-likeness (QED) is 0.821. The lowest BCUT2D eigenvalue weighted by Crippen LogP contribution is -2.60. The number of para-hydroxylation sites is 1. The number of carbonyl (C=O) groups excluding carboxylic acids is 1. The fourth-order valence-electron chi connectivity index (χ4n) is 5.28. The van der Waals surface area contributed by atoms with Crippen molar-refractivity contribution in [3.63, 3.8) is 0 Å². The van der Waals surface area contributed by atoms with Crippen molar-refractivity contribution < 1.29 is 14.3 Å². The number of rotatable bonds is 5. The summed E-state index contributed by atoms with van der Waals surface area (Å²) in [6.07, 6.45) is 2.91. The molecular weight excluding hydrogens is 316 g/mol. The molecule has 0 aromatic heterocycles. The predicted molar refractivity (Wildman–Crippen MR) is 95.8 cm³/mol. The van der Waals surface area contributed by atoms with Gasteiger partial charge in [-0.3, -0.25) is 9.69 Å². The molecule has 0 spiro atoms. The molecule has 4 aliphatic heterocycles. The van der Waals surface area contributed by atoms with Gasteiger partial charge in [0.25, 0.3) is 0 Å². The molecule has 3 atom stereocenters. The highest BCUT2D eigenvalue weighted by molar-refractivity contribution is 5.77. The Morgan fingerprint density at radius 3 is 2.64 bits per heavy atom. The Hall–Kier alpha value is -1.59. The van der Waals surface area contributed by atoms with Gasteiger partial charge in [0.1, 0.15) is 5.75 Å². The lowest BCUT2D eigenvalue weighted by molar-refractivity contribution is -0.136. The number of amides is 1. The normalized spacial score (nSPS) is 33.4. The van der Waals surface area contributed by atoms with Crippen molar-refractivity contribution in [2.45, 2.75) is 37.3 Å². The molecule has 0 radical (unpaired) electrons. The molecule has 5 nitrogen and oxygen atoms in total. The fraction of sp³-hybridized carbons (Fsp3) is 0.650. The van der Waals surface area contributed by atoms with Crippen LogP contribution < -0.4 is 4.74 Å². The van der Waals surface area contributed by atoms with Gasteiger partial charge in [-0.25, -0.2) is 0 Å². The molecule has 0 aliphatic carbocycles. The number of carbonyl (C=O) groups is 1. The summed E-state index contributed by atoms with van der Waals surface area (Å²) in [6, 6.07) is 9.09. The van der Waals surface area contributed by atoms with Crippen LogP contribution in [0.4, 0.5) is 0 Å². The van der Waals surface area contributed by atoms with Gasteiger partial charge < -0.3 is 14.4 Å². The van der Waals surface area contributed by atoms with Crippen LogP contribution in [0, 0.1) is 5.92 Å². The first kappa shape index (κ1) is 16.9. The Morgan fingerprint density at radius 2 is 1.92 bits per heavy atom. The minimum absolute atomic E-state index is 0.239. The first-order valence-corrected chi connectivity index (χ1v) is 9.40. The summed E-state index contributed by atoms with van der Waals surface area (Å²) in [4.78, 5) is 17.6. The fourth-order valence-corrected chi connectivity index (χ4v) is 5.28. The first-order valence-electron chi connectivity index (χ1n) is 9.40. The molecule has 4 fully saturated rings. The maximum atomic E-state index is 12.9. The highest BCUT2D eigenvalue weighted by Crippen LogP contribution is 2.48. The Labute approximate surface area is 149 Å². The molecule has 1 aromatic carbocycles. The van der Waals surface area contributed by atoms with Gasteiger partial charge in [-0.2, -0.15) is 0 Å². The molecule has 4 aliphatic rings. The smallest absolute Gasteiger partial charge is 0.225 e. The molecule has 1 amide bonds. The first-order chi connectivity index (χ1) is 12.2. The Kier molecular flexibility index (Phi) is 4.69. The van der Waals surface area contributed by atoms with E-state index in [9.17, 15) is 4.79 Å². The zero-order chi connectivity index (χ0) is 17.4. The van der Waals surface area contributed by atoms with Gasteiger partial charge in [-0.05, 0) is 37.9 Å². The van der Waals surface area contributed by atoms with Crippen molar-refractivity contribution in [3.05, 3.63) is 29.8 Å². The lowest BCUT2D eigenvalue weighted by Gasteiger charge is -2.51. The predicted octanol–water partition coefficient (Wildman–Crippen LogP) is 2.12. The van der Waals surface area contributed by atoms with E-state index in [2.05, 4.69) is 21.9 Å². The molecular formula is C20H28N2O3. The van der Waals surface area contributed by atoms with E-state index in [0.29, 0.717) is 36.9 Å². The van der Waals surface area contributed by atoms with E-state index in [1.165, 1.54) is 18.4 Å². The Balaban J connectivity index is 1.67. The van der Waals surface area contributed by atoms with E-state index < -0.39 is 0 Å². The van der Waals surface area contributed by atoms with Crippen LogP contribution in [0.5, 0.6) is 5.75 Å². The third-order valence-corrected chi connectivity index (χ3v) is 6.37. The molecule has 5 rings (SSSR count). The second-order valence-corrected chi connectivity index (χ2v) is 7.49. The number of likely N-dealkylation sites (tertiary alicyclic amines) is 1. The highest BCUT2D eigenvalue weighted by Gasteiger charge is 2.54. The van der Waals surface area contributed by atoms with Crippen LogP contribution in [-0.4, -0.2) is 68.3 Å². The van der Waals surface area contributed by atoms with Gasteiger partial charge in [0, 0.05) is 31.2 Å². The third kappa shape index (κ3) is 2.83. The topological polar surface area (TPSA) is 42.0 Å². The van der Waals surface area contributed by atoms with Crippen molar-refractivity contribution in [1.29, 1.82) is 0 Å². The number of benzene rings is 1. The molecule has 5 heteroatoms. The summed E-state index contributed by atoms with van der Waals surface area (Å²) in [5.74, 6) is 2.15. The molecule has 4 saturated heterocycles. The zero-order valence-electron chi connectivity index (χ0n) is 15.2. The van der Waals surface area contributed by atoms with Gasteiger partial charge in [0.05, 0.1) is 26.2 Å². The van der Waals surface area contributed by atoms with E-state index in [1.807, 2.05) is 12.1 Å². The van der Waals surface area contributed by atoms with E-state index >= 15 is 0 Å². The van der Waals surface area contributed by atoms with Crippen LogP contribution >= 0.6 is 0 Å². The second-order valence-electron chi connectivity index (χ2n) is 7.49. The van der Waals surface area contributed by atoms with Crippen LogP contribution in [-0.2, 0) is 9.53 Å². The van der Waals surface area contributed by atoms with Crippen molar-refractivity contribution >= 4 is 5.91 Å². The standard InChI is InChI=1S/C20H28N2O3/c1-24-12-9-18(23)22-13-16(15-5-3-4-6-17(15)25-2)20-19(22)14-7-10-21(20)11-8-14/h3-6,14,16,19-20H,7-13H2,1-2H3/t16-,19-,20-/m0/s1. The molecule has 0 unspecified atom stereocenters. The van der Waals surface area contributed by atoms with Crippen molar-refractivity contribution in [1.82, 2.24) is 9.80 Å². The van der Waals surface area contributed by atoms with Gasteiger partial charge in [0.15, 0.2) is 0 Å². The number of hydrogen-bond donors (Lipinski definition) is 0. The summed E-state index contributed by atoms with van der Waals surface area (Å²) < 4.78 is 10.8. The maximum absolute atomic E-state index is 12.9. The van der Waals surface area contributed by atoms with Gasteiger partial charge in [-0.15, -0.1) is 0 Å². The largest absolute Gasteiger partial charge is 0.496 e. The second kappa shape index (κ2) is 6.96. The third-order valence-electron chi connectivity index (χ3n) is 6.37.